The summed E-state index contributed by atoms with van der Waals surface area (Å²) in [4.78, 5) is 72.0. The van der Waals surface area contributed by atoms with Crippen LogP contribution in [0.15, 0.2) is 48.8 Å². The molecule has 1 spiro atoms. The van der Waals surface area contributed by atoms with Crippen molar-refractivity contribution in [1.29, 1.82) is 0 Å². The van der Waals surface area contributed by atoms with Crippen LogP contribution in [0.2, 0.25) is 0 Å². The number of ether oxygens (including phenoxy) is 3. The highest BCUT2D eigenvalue weighted by Gasteiger charge is 2.45. The molecule has 4 aliphatic rings. The fourth-order valence-electron chi connectivity index (χ4n) is 10.0. The van der Waals surface area contributed by atoms with E-state index in [4.69, 9.17) is 24.2 Å². The van der Waals surface area contributed by atoms with Gasteiger partial charge in [-0.2, -0.15) is 0 Å². The molecule has 5 heterocycles. The lowest BCUT2D eigenvalue weighted by molar-refractivity contribution is -0.136. The molecule has 3 fully saturated rings. The number of amides is 4. The van der Waals surface area contributed by atoms with E-state index in [1.807, 2.05) is 49.9 Å². The van der Waals surface area contributed by atoms with E-state index in [-0.39, 0.29) is 41.1 Å². The topological polar surface area (TPSA) is 184 Å². The van der Waals surface area contributed by atoms with Crippen LogP contribution in [0.1, 0.15) is 101 Å². The Morgan fingerprint density at radius 1 is 0.738 bits per heavy atom. The maximum Gasteiger partial charge on any atom is 0.407 e. The van der Waals surface area contributed by atoms with Gasteiger partial charge in [0, 0.05) is 30.7 Å². The second-order valence-corrected chi connectivity index (χ2v) is 17.6. The third-order valence-corrected chi connectivity index (χ3v) is 13.3. The average molecular weight is 835 g/mol. The lowest BCUT2D eigenvalue weighted by Gasteiger charge is -2.30. The monoisotopic (exact) mass is 834 g/mol. The fourth-order valence-corrected chi connectivity index (χ4v) is 10.0. The molecule has 3 saturated heterocycles. The van der Waals surface area contributed by atoms with E-state index in [0.717, 1.165) is 91.3 Å². The number of hydrogen-bond acceptors (Lipinski definition) is 9. The van der Waals surface area contributed by atoms with Gasteiger partial charge in [0.05, 0.1) is 56.7 Å². The number of rotatable bonds is 11. The fraction of sp³-hybridized carbons (Fsp3) is 0.522. The number of aromatic amines is 2. The van der Waals surface area contributed by atoms with Gasteiger partial charge < -0.3 is 44.6 Å². The maximum absolute atomic E-state index is 13.8. The molecule has 1 unspecified atom stereocenters. The van der Waals surface area contributed by atoms with Crippen LogP contribution in [0.4, 0.5) is 9.59 Å². The van der Waals surface area contributed by atoms with E-state index in [9.17, 15) is 19.2 Å². The quantitative estimate of drug-likeness (QED) is 0.126. The Bertz CT molecular complexity index is 2260. The van der Waals surface area contributed by atoms with Crippen molar-refractivity contribution in [3.8, 4) is 33.6 Å². The number of hydrogen-bond donors (Lipinski definition) is 4. The number of methoxy groups -OCH3 is 2. The summed E-state index contributed by atoms with van der Waals surface area (Å²) in [7, 11) is 2.60. The minimum absolute atomic E-state index is 0.0703. The summed E-state index contributed by atoms with van der Waals surface area (Å²) in [5.74, 6) is 0.979. The average Bonchev–Trinajstić information content (AvgIpc) is 4.13. The molecule has 0 saturated carbocycles. The number of aromatic nitrogens is 4. The summed E-state index contributed by atoms with van der Waals surface area (Å²) in [6.45, 7) is 10.3. The summed E-state index contributed by atoms with van der Waals surface area (Å²) in [5.41, 5.74) is 8.79. The number of carbonyl (C=O) groups excluding carboxylic acids is 4. The zero-order valence-electron chi connectivity index (χ0n) is 36.0. The van der Waals surface area contributed by atoms with Crippen LogP contribution < -0.4 is 10.6 Å². The number of nitrogens with zero attached hydrogens (tertiary/aromatic N) is 4. The van der Waals surface area contributed by atoms with Crippen molar-refractivity contribution >= 4 is 24.0 Å². The van der Waals surface area contributed by atoms with Crippen LogP contribution in [-0.4, -0.2) is 106 Å². The minimum atomic E-state index is -0.698. The number of imidazole rings is 2. The summed E-state index contributed by atoms with van der Waals surface area (Å²) < 4.78 is 15.7. The number of nitrogens with one attached hydrogen (secondary N) is 4. The first-order valence-corrected chi connectivity index (χ1v) is 21.7. The standard InChI is InChI=1S/C46H58N8O7/c1-26(2)38(51-44(57)59-5)42(55)53-20-7-9-35(53)40-47-23-33(49-40)29-13-11-28(12-14-29)30-15-16-31(32-17-18-46(37(30)32)19-22-61-25-46)34-24-48-41(50-34)36-10-8-21-54(36)43(56)39(27(3)4)52-45(58)60-6/h11-16,23-24,26-27,35-36,38-39H,7-10,17-22,25H2,1-6H3,(H,47,49)(H,48,50)(H,51,57)(H,52,58)/t35-,36-,38+,39+,46?/m1/s1. The molecular weight excluding hydrogens is 777 g/mol. The maximum atomic E-state index is 13.8. The minimum Gasteiger partial charge on any atom is -0.453 e. The molecule has 2 aromatic heterocycles. The molecule has 2 aromatic carbocycles. The summed E-state index contributed by atoms with van der Waals surface area (Å²) in [5, 5.41) is 5.45. The van der Waals surface area contributed by atoms with Crippen LogP contribution in [-0.2, 0) is 35.6 Å². The number of alkyl carbamates (subject to hydrolysis) is 2. The Balaban J connectivity index is 1.04. The lowest BCUT2D eigenvalue weighted by Crippen LogP contribution is -2.51. The van der Waals surface area contributed by atoms with Gasteiger partial charge in [-0.1, -0.05) is 64.1 Å². The largest absolute Gasteiger partial charge is 0.453 e. The molecule has 4 amide bonds. The number of likely N-dealkylation sites (tertiary alicyclic amines) is 2. The van der Waals surface area contributed by atoms with Crippen molar-refractivity contribution in [2.45, 2.75) is 102 Å². The van der Waals surface area contributed by atoms with Gasteiger partial charge in [-0.25, -0.2) is 19.6 Å². The van der Waals surface area contributed by atoms with Crippen LogP contribution >= 0.6 is 0 Å². The van der Waals surface area contributed by atoms with Gasteiger partial charge in [-0.05, 0) is 84.6 Å². The Labute approximate surface area is 356 Å². The molecule has 8 rings (SSSR count). The number of carbonyl (C=O) groups is 4. The molecule has 4 N–H and O–H groups in total. The van der Waals surface area contributed by atoms with Crippen molar-refractivity contribution in [2.24, 2.45) is 11.8 Å². The van der Waals surface area contributed by atoms with Crippen molar-refractivity contribution in [3.05, 3.63) is 71.6 Å². The molecule has 15 heteroatoms. The van der Waals surface area contributed by atoms with E-state index >= 15 is 0 Å². The molecule has 0 bridgehead atoms. The summed E-state index contributed by atoms with van der Waals surface area (Å²) in [6, 6.07) is 11.2. The SMILES string of the molecule is COC(=O)N[C@H](C(=O)N1CCC[C@@H]1c1ncc(-c2ccc(-c3ccc(-c4cnc([C@H]5CCCN5C(=O)[C@@H](NC(=O)OC)C(C)C)[nH]4)c4c3C3(CCOC3)CC4)cc2)[nH]1)C(C)C. The number of benzene rings is 2. The first-order chi connectivity index (χ1) is 29.4. The van der Waals surface area contributed by atoms with Crippen molar-refractivity contribution in [3.63, 3.8) is 0 Å². The predicted molar refractivity (Wildman–Crippen MR) is 228 cm³/mol. The van der Waals surface area contributed by atoms with E-state index in [1.165, 1.54) is 30.9 Å². The second-order valence-electron chi connectivity index (χ2n) is 17.6. The van der Waals surface area contributed by atoms with E-state index in [0.29, 0.717) is 19.7 Å². The van der Waals surface area contributed by atoms with Crippen molar-refractivity contribution in [2.75, 3.05) is 40.5 Å². The smallest absolute Gasteiger partial charge is 0.407 e. The van der Waals surface area contributed by atoms with Gasteiger partial charge in [-0.15, -0.1) is 0 Å². The van der Waals surface area contributed by atoms with Gasteiger partial charge >= 0.3 is 12.2 Å². The second kappa shape index (κ2) is 17.3. The van der Waals surface area contributed by atoms with Gasteiger partial charge in [0.2, 0.25) is 11.8 Å². The highest BCUT2D eigenvalue weighted by molar-refractivity contribution is 5.87. The Morgan fingerprint density at radius 2 is 1.26 bits per heavy atom. The zero-order valence-corrected chi connectivity index (χ0v) is 36.0. The predicted octanol–water partition coefficient (Wildman–Crippen LogP) is 6.83. The van der Waals surface area contributed by atoms with Crippen molar-refractivity contribution in [1.82, 2.24) is 40.4 Å². The molecule has 5 atom stereocenters. The Hall–Kier alpha value is -5.70. The molecule has 0 radical (unpaired) electrons. The molecular formula is C46H58N8O7. The lowest BCUT2D eigenvalue weighted by atomic mass is 9.77. The van der Waals surface area contributed by atoms with Gasteiger partial charge in [0.1, 0.15) is 23.7 Å². The molecule has 1 aliphatic carbocycles. The van der Waals surface area contributed by atoms with Crippen LogP contribution in [0.3, 0.4) is 0 Å². The third kappa shape index (κ3) is 7.99. The highest BCUT2D eigenvalue weighted by Crippen LogP contribution is 2.51. The first-order valence-electron chi connectivity index (χ1n) is 21.7. The van der Waals surface area contributed by atoms with Crippen molar-refractivity contribution < 1.29 is 33.4 Å². The van der Waals surface area contributed by atoms with Crippen LogP contribution in [0.5, 0.6) is 0 Å². The van der Waals surface area contributed by atoms with E-state index in [2.05, 4.69) is 57.0 Å². The highest BCUT2D eigenvalue weighted by atomic mass is 16.5. The molecule has 3 aliphatic heterocycles. The molecule has 4 aromatic rings. The number of H-pyrrole nitrogens is 2. The zero-order chi connectivity index (χ0) is 43.0. The molecule has 15 nitrogen and oxygen atoms in total. The molecule has 61 heavy (non-hydrogen) atoms. The normalized spacial score (nSPS) is 21.9. The van der Waals surface area contributed by atoms with Crippen LogP contribution in [0.25, 0.3) is 33.6 Å². The van der Waals surface area contributed by atoms with Gasteiger partial charge in [0.25, 0.3) is 0 Å². The Kier molecular flexibility index (Phi) is 11.9. The first kappa shape index (κ1) is 42.0. The summed E-state index contributed by atoms with van der Waals surface area (Å²) >= 11 is 0. The Morgan fingerprint density at radius 3 is 1.79 bits per heavy atom. The van der Waals surface area contributed by atoms with E-state index in [1.54, 1.807) is 0 Å². The van der Waals surface area contributed by atoms with E-state index < -0.39 is 24.3 Å². The van der Waals surface area contributed by atoms with Gasteiger partial charge in [-0.3, -0.25) is 9.59 Å². The third-order valence-electron chi connectivity index (χ3n) is 13.3. The number of fused-ring (bicyclic) bond motifs is 2. The molecule has 324 valence electrons. The summed E-state index contributed by atoms with van der Waals surface area (Å²) in [6.07, 6.45) is 8.62. The van der Waals surface area contributed by atoms with Crippen LogP contribution in [0, 0.1) is 11.8 Å². The van der Waals surface area contributed by atoms with Gasteiger partial charge in [0.15, 0.2) is 0 Å².